The summed E-state index contributed by atoms with van der Waals surface area (Å²) >= 11 is 0. The second-order valence-electron chi connectivity index (χ2n) is 3.93. The van der Waals surface area contributed by atoms with Crippen molar-refractivity contribution in [3.63, 3.8) is 0 Å². The van der Waals surface area contributed by atoms with E-state index in [1.54, 1.807) is 0 Å². The monoisotopic (exact) mass is 215 g/mol. The smallest absolute Gasteiger partial charge is 0.0518 e. The van der Waals surface area contributed by atoms with Gasteiger partial charge in [-0.25, -0.2) is 0 Å². The average Bonchev–Trinajstić information content (AvgIpc) is 2.72. The maximum absolute atomic E-state index is 4.25. The number of nitrogens with one attached hydrogen (secondary N) is 1. The summed E-state index contributed by atoms with van der Waals surface area (Å²) in [5.74, 6) is 0. The van der Waals surface area contributed by atoms with Crippen LogP contribution in [0.15, 0.2) is 42.7 Å². The molecule has 1 heterocycles. The molecule has 84 valence electrons. The second-order valence-corrected chi connectivity index (χ2v) is 3.93. The van der Waals surface area contributed by atoms with Gasteiger partial charge in [0.1, 0.15) is 0 Å². The van der Waals surface area contributed by atoms with Crippen LogP contribution in [0, 0.1) is 6.92 Å². The van der Waals surface area contributed by atoms with Crippen LogP contribution in [-0.4, -0.2) is 16.3 Å². The van der Waals surface area contributed by atoms with Crippen LogP contribution in [0.5, 0.6) is 0 Å². The van der Waals surface area contributed by atoms with E-state index in [0.29, 0.717) is 0 Å². The lowest BCUT2D eigenvalue weighted by Gasteiger charge is -2.05. The molecule has 1 aromatic heterocycles. The van der Waals surface area contributed by atoms with Crippen molar-refractivity contribution in [3.05, 3.63) is 48.3 Å². The summed E-state index contributed by atoms with van der Waals surface area (Å²) in [6.07, 6.45) is 5.04. The zero-order valence-electron chi connectivity index (χ0n) is 9.56. The van der Waals surface area contributed by atoms with Gasteiger partial charge in [0, 0.05) is 25.0 Å². The number of rotatable bonds is 5. The lowest BCUT2D eigenvalue weighted by Crippen LogP contribution is -2.06. The number of benzene rings is 1. The van der Waals surface area contributed by atoms with Crippen molar-refractivity contribution in [1.82, 2.24) is 9.78 Å². The fourth-order valence-corrected chi connectivity index (χ4v) is 1.62. The molecular weight excluding hydrogens is 198 g/mol. The van der Waals surface area contributed by atoms with Crippen molar-refractivity contribution < 1.29 is 0 Å². The van der Waals surface area contributed by atoms with E-state index < -0.39 is 0 Å². The van der Waals surface area contributed by atoms with Crippen LogP contribution in [0.4, 0.5) is 5.69 Å². The van der Waals surface area contributed by atoms with Crippen molar-refractivity contribution in [2.24, 2.45) is 0 Å². The molecule has 0 aliphatic heterocycles. The summed E-state index contributed by atoms with van der Waals surface area (Å²) in [7, 11) is 0. The molecule has 0 aliphatic carbocycles. The molecule has 0 spiro atoms. The predicted octanol–water partition coefficient (Wildman–Crippen LogP) is 2.69. The van der Waals surface area contributed by atoms with Gasteiger partial charge in [0.15, 0.2) is 0 Å². The Morgan fingerprint density at radius 2 is 2.06 bits per heavy atom. The third kappa shape index (κ3) is 3.12. The Labute approximate surface area is 96.1 Å². The molecule has 0 saturated carbocycles. The number of nitrogens with zero attached hydrogens (tertiary/aromatic N) is 2. The lowest BCUT2D eigenvalue weighted by atomic mass is 10.3. The highest BCUT2D eigenvalue weighted by molar-refractivity contribution is 5.42. The second kappa shape index (κ2) is 5.35. The molecule has 0 atom stereocenters. The molecule has 0 unspecified atom stereocenters. The Bertz CT molecular complexity index is 420. The summed E-state index contributed by atoms with van der Waals surface area (Å²) < 4.78 is 1.99. The van der Waals surface area contributed by atoms with Crippen LogP contribution in [-0.2, 0) is 6.54 Å². The minimum absolute atomic E-state index is 0.966. The summed E-state index contributed by atoms with van der Waals surface area (Å²) in [6.45, 7) is 4.00. The molecule has 0 fully saturated rings. The first kappa shape index (κ1) is 10.7. The maximum atomic E-state index is 4.25. The molecule has 3 nitrogen and oxygen atoms in total. The lowest BCUT2D eigenvalue weighted by molar-refractivity contribution is 0.591. The van der Waals surface area contributed by atoms with Crippen molar-refractivity contribution in [3.8, 4) is 0 Å². The highest BCUT2D eigenvalue weighted by Gasteiger charge is 1.94. The van der Waals surface area contributed by atoms with Crippen LogP contribution in [0.2, 0.25) is 0 Å². The first-order chi connectivity index (χ1) is 7.84. The first-order valence-corrected chi connectivity index (χ1v) is 5.62. The molecule has 0 bridgehead atoms. The molecule has 0 radical (unpaired) electrons. The van der Waals surface area contributed by atoms with Gasteiger partial charge < -0.3 is 5.32 Å². The fraction of sp³-hybridized carbons (Fsp3) is 0.308. The number of para-hydroxylation sites is 1. The summed E-state index contributed by atoms with van der Waals surface area (Å²) in [5.41, 5.74) is 2.40. The van der Waals surface area contributed by atoms with E-state index >= 15 is 0 Å². The van der Waals surface area contributed by atoms with E-state index in [9.17, 15) is 0 Å². The molecule has 0 amide bonds. The van der Waals surface area contributed by atoms with Crippen LogP contribution in [0.25, 0.3) is 0 Å². The third-order valence-electron chi connectivity index (χ3n) is 2.43. The standard InChI is InChI=1S/C13H17N3/c1-12-10-15-16(11-12)9-5-8-14-13-6-3-2-4-7-13/h2-4,6-7,10-11,14H,5,8-9H2,1H3. The molecule has 0 aliphatic rings. The van der Waals surface area contributed by atoms with Gasteiger partial charge in [-0.2, -0.15) is 5.10 Å². The Hall–Kier alpha value is -1.77. The van der Waals surface area contributed by atoms with Gasteiger partial charge in [-0.3, -0.25) is 4.68 Å². The number of hydrogen-bond donors (Lipinski definition) is 1. The van der Waals surface area contributed by atoms with E-state index in [1.165, 1.54) is 11.3 Å². The molecule has 3 heteroatoms. The van der Waals surface area contributed by atoms with Crippen LogP contribution < -0.4 is 5.32 Å². The molecule has 2 aromatic rings. The number of aryl methyl sites for hydroxylation is 2. The van der Waals surface area contributed by atoms with Crippen molar-refractivity contribution in [2.75, 3.05) is 11.9 Å². The van der Waals surface area contributed by atoms with Crippen LogP contribution >= 0.6 is 0 Å². The van der Waals surface area contributed by atoms with Crippen LogP contribution in [0.3, 0.4) is 0 Å². The maximum Gasteiger partial charge on any atom is 0.0518 e. The highest BCUT2D eigenvalue weighted by atomic mass is 15.3. The molecule has 1 N–H and O–H groups in total. The summed E-state index contributed by atoms with van der Waals surface area (Å²) in [5, 5.41) is 7.63. The Morgan fingerprint density at radius 3 is 2.75 bits per heavy atom. The Balaban J connectivity index is 1.69. The van der Waals surface area contributed by atoms with E-state index in [1.807, 2.05) is 29.1 Å². The number of anilines is 1. The molecule has 16 heavy (non-hydrogen) atoms. The topological polar surface area (TPSA) is 29.9 Å². The predicted molar refractivity (Wildman–Crippen MR) is 66.5 cm³/mol. The molecule has 1 aromatic carbocycles. The zero-order valence-corrected chi connectivity index (χ0v) is 9.56. The Morgan fingerprint density at radius 1 is 1.25 bits per heavy atom. The largest absolute Gasteiger partial charge is 0.385 e. The molecule has 0 saturated heterocycles. The highest BCUT2D eigenvalue weighted by Crippen LogP contribution is 2.04. The Kier molecular flexibility index (Phi) is 3.59. The van der Waals surface area contributed by atoms with E-state index in [0.717, 1.165) is 19.5 Å². The molecular formula is C13H17N3. The summed E-state index contributed by atoms with van der Waals surface area (Å²) in [4.78, 5) is 0. The first-order valence-electron chi connectivity index (χ1n) is 5.62. The van der Waals surface area contributed by atoms with Crippen molar-refractivity contribution >= 4 is 5.69 Å². The average molecular weight is 215 g/mol. The summed E-state index contributed by atoms with van der Waals surface area (Å²) in [6, 6.07) is 10.3. The minimum atomic E-state index is 0.966. The third-order valence-corrected chi connectivity index (χ3v) is 2.43. The van der Waals surface area contributed by atoms with Gasteiger partial charge >= 0.3 is 0 Å². The SMILES string of the molecule is Cc1cnn(CCCNc2ccccc2)c1. The number of hydrogen-bond acceptors (Lipinski definition) is 2. The van der Waals surface area contributed by atoms with Crippen molar-refractivity contribution in [2.45, 2.75) is 19.9 Å². The number of aromatic nitrogens is 2. The van der Waals surface area contributed by atoms with Gasteiger partial charge in [0.25, 0.3) is 0 Å². The minimum Gasteiger partial charge on any atom is -0.385 e. The quantitative estimate of drug-likeness (QED) is 0.777. The van der Waals surface area contributed by atoms with Gasteiger partial charge in [-0.1, -0.05) is 18.2 Å². The fourth-order valence-electron chi connectivity index (χ4n) is 1.62. The van der Waals surface area contributed by atoms with Gasteiger partial charge in [0.2, 0.25) is 0 Å². The van der Waals surface area contributed by atoms with E-state index in [-0.39, 0.29) is 0 Å². The normalized spacial score (nSPS) is 10.3. The van der Waals surface area contributed by atoms with Gasteiger partial charge in [0.05, 0.1) is 6.20 Å². The van der Waals surface area contributed by atoms with Gasteiger partial charge in [-0.15, -0.1) is 0 Å². The molecule has 2 rings (SSSR count). The zero-order chi connectivity index (χ0) is 11.2. The van der Waals surface area contributed by atoms with Gasteiger partial charge in [-0.05, 0) is 31.0 Å². The van der Waals surface area contributed by atoms with E-state index in [2.05, 4.69) is 35.7 Å². The van der Waals surface area contributed by atoms with Crippen LogP contribution in [0.1, 0.15) is 12.0 Å². The van der Waals surface area contributed by atoms with E-state index in [4.69, 9.17) is 0 Å². The van der Waals surface area contributed by atoms with Crippen molar-refractivity contribution in [1.29, 1.82) is 0 Å².